The number of nitrogens with two attached hydrogens (primary N) is 1. The van der Waals surface area contributed by atoms with E-state index in [2.05, 4.69) is 28.7 Å². The van der Waals surface area contributed by atoms with Crippen molar-refractivity contribution in [3.8, 4) is 0 Å². The van der Waals surface area contributed by atoms with Crippen molar-refractivity contribution < 1.29 is 0 Å². The SMILES string of the molecule is CC1CCCC(C(CN)N(Cc2ccsc2)C2CC2)C1. The molecule has 2 aliphatic rings. The summed E-state index contributed by atoms with van der Waals surface area (Å²) in [7, 11) is 0. The lowest BCUT2D eigenvalue weighted by atomic mass is 9.78. The molecule has 3 atom stereocenters. The molecule has 0 bridgehead atoms. The third-order valence-electron chi connectivity index (χ3n) is 5.15. The Kier molecular flexibility index (Phi) is 4.79. The molecule has 0 radical (unpaired) electrons. The topological polar surface area (TPSA) is 29.3 Å². The highest BCUT2D eigenvalue weighted by atomic mass is 32.1. The number of rotatable bonds is 6. The third kappa shape index (κ3) is 3.44. The van der Waals surface area contributed by atoms with E-state index in [9.17, 15) is 0 Å². The van der Waals surface area contributed by atoms with Crippen LogP contribution in [0.15, 0.2) is 16.8 Å². The van der Waals surface area contributed by atoms with Gasteiger partial charge in [0, 0.05) is 25.2 Å². The van der Waals surface area contributed by atoms with Crippen molar-refractivity contribution in [1.82, 2.24) is 4.90 Å². The summed E-state index contributed by atoms with van der Waals surface area (Å²) >= 11 is 1.81. The zero-order valence-electron chi connectivity index (χ0n) is 12.6. The van der Waals surface area contributed by atoms with Gasteiger partial charge in [-0.3, -0.25) is 4.90 Å². The first-order valence-electron chi connectivity index (χ1n) is 8.24. The van der Waals surface area contributed by atoms with Crippen LogP contribution in [0.1, 0.15) is 51.0 Å². The molecule has 0 amide bonds. The number of nitrogens with zero attached hydrogens (tertiary/aromatic N) is 1. The fourth-order valence-electron chi connectivity index (χ4n) is 3.95. The summed E-state index contributed by atoms with van der Waals surface area (Å²) < 4.78 is 0. The van der Waals surface area contributed by atoms with Gasteiger partial charge in [-0.25, -0.2) is 0 Å². The average Bonchev–Trinajstić information content (AvgIpc) is 3.16. The first-order chi connectivity index (χ1) is 9.78. The molecule has 112 valence electrons. The lowest BCUT2D eigenvalue weighted by Crippen LogP contribution is -2.47. The molecule has 2 saturated carbocycles. The molecule has 0 saturated heterocycles. The Bertz CT molecular complexity index is 399. The zero-order valence-corrected chi connectivity index (χ0v) is 13.4. The van der Waals surface area contributed by atoms with Crippen LogP contribution in [0.5, 0.6) is 0 Å². The fraction of sp³-hybridized carbons (Fsp3) is 0.765. The molecule has 3 unspecified atom stereocenters. The van der Waals surface area contributed by atoms with E-state index in [4.69, 9.17) is 5.73 Å². The normalized spacial score (nSPS) is 28.8. The van der Waals surface area contributed by atoms with Crippen LogP contribution in [0.2, 0.25) is 0 Å². The van der Waals surface area contributed by atoms with Gasteiger partial charge in [0.05, 0.1) is 0 Å². The molecule has 0 aliphatic heterocycles. The Morgan fingerprint density at radius 2 is 2.20 bits per heavy atom. The van der Waals surface area contributed by atoms with E-state index in [0.717, 1.165) is 31.0 Å². The van der Waals surface area contributed by atoms with E-state index in [0.29, 0.717) is 6.04 Å². The van der Waals surface area contributed by atoms with Crippen LogP contribution in [0.25, 0.3) is 0 Å². The van der Waals surface area contributed by atoms with E-state index in [1.54, 1.807) is 0 Å². The minimum absolute atomic E-state index is 0.602. The summed E-state index contributed by atoms with van der Waals surface area (Å²) in [6.07, 6.45) is 8.35. The summed E-state index contributed by atoms with van der Waals surface area (Å²) in [4.78, 5) is 2.74. The Labute approximate surface area is 127 Å². The summed E-state index contributed by atoms with van der Waals surface area (Å²) in [6, 6.07) is 3.68. The smallest absolute Gasteiger partial charge is 0.0253 e. The zero-order chi connectivity index (χ0) is 13.9. The number of hydrogen-bond acceptors (Lipinski definition) is 3. The lowest BCUT2D eigenvalue weighted by Gasteiger charge is -2.40. The number of thiophene rings is 1. The van der Waals surface area contributed by atoms with Gasteiger partial charge in [-0.2, -0.15) is 11.3 Å². The van der Waals surface area contributed by atoms with Crippen molar-refractivity contribution in [1.29, 1.82) is 0 Å². The highest BCUT2D eigenvalue weighted by Crippen LogP contribution is 2.37. The second-order valence-electron chi connectivity index (χ2n) is 6.87. The van der Waals surface area contributed by atoms with Crippen molar-refractivity contribution >= 4 is 11.3 Å². The Balaban J connectivity index is 1.70. The third-order valence-corrected chi connectivity index (χ3v) is 5.88. The largest absolute Gasteiger partial charge is 0.329 e. The van der Waals surface area contributed by atoms with Crippen molar-refractivity contribution in [2.24, 2.45) is 17.6 Å². The standard InChI is InChI=1S/C17H28N2S/c1-13-3-2-4-15(9-13)17(10-18)19(16-5-6-16)11-14-7-8-20-12-14/h7-8,12-13,15-17H,2-6,9-11,18H2,1H3. The van der Waals surface area contributed by atoms with Gasteiger partial charge in [-0.05, 0) is 59.9 Å². The van der Waals surface area contributed by atoms with E-state index in [1.807, 2.05) is 11.3 Å². The molecule has 2 nitrogen and oxygen atoms in total. The van der Waals surface area contributed by atoms with Crippen LogP contribution in [0.4, 0.5) is 0 Å². The number of hydrogen-bond donors (Lipinski definition) is 1. The molecule has 3 heteroatoms. The minimum Gasteiger partial charge on any atom is -0.329 e. The van der Waals surface area contributed by atoms with Gasteiger partial charge in [0.15, 0.2) is 0 Å². The molecule has 20 heavy (non-hydrogen) atoms. The molecule has 1 heterocycles. The Hall–Kier alpha value is -0.380. The molecule has 2 N–H and O–H groups in total. The van der Waals surface area contributed by atoms with Crippen LogP contribution in [-0.2, 0) is 6.54 Å². The van der Waals surface area contributed by atoms with E-state index >= 15 is 0 Å². The highest BCUT2D eigenvalue weighted by molar-refractivity contribution is 7.07. The van der Waals surface area contributed by atoms with Crippen LogP contribution in [0, 0.1) is 11.8 Å². The maximum atomic E-state index is 6.21. The first-order valence-corrected chi connectivity index (χ1v) is 9.19. The van der Waals surface area contributed by atoms with Gasteiger partial charge in [0.25, 0.3) is 0 Å². The highest BCUT2D eigenvalue weighted by Gasteiger charge is 2.37. The van der Waals surface area contributed by atoms with Crippen molar-refractivity contribution in [2.45, 2.75) is 64.1 Å². The van der Waals surface area contributed by atoms with Crippen LogP contribution in [-0.4, -0.2) is 23.5 Å². The van der Waals surface area contributed by atoms with Gasteiger partial charge in [0.2, 0.25) is 0 Å². The molecule has 2 aliphatic carbocycles. The predicted molar refractivity (Wildman–Crippen MR) is 86.8 cm³/mol. The summed E-state index contributed by atoms with van der Waals surface area (Å²) in [5.41, 5.74) is 7.68. The van der Waals surface area contributed by atoms with Crippen molar-refractivity contribution in [3.05, 3.63) is 22.4 Å². The molecule has 1 aromatic rings. The Morgan fingerprint density at radius 3 is 2.80 bits per heavy atom. The monoisotopic (exact) mass is 292 g/mol. The molecular weight excluding hydrogens is 264 g/mol. The fourth-order valence-corrected chi connectivity index (χ4v) is 4.61. The Morgan fingerprint density at radius 1 is 1.35 bits per heavy atom. The van der Waals surface area contributed by atoms with Crippen LogP contribution in [0.3, 0.4) is 0 Å². The first kappa shape index (κ1) is 14.6. The maximum absolute atomic E-state index is 6.21. The van der Waals surface area contributed by atoms with Gasteiger partial charge in [-0.15, -0.1) is 0 Å². The van der Waals surface area contributed by atoms with Gasteiger partial charge >= 0.3 is 0 Å². The predicted octanol–water partition coefficient (Wildman–Crippen LogP) is 3.87. The molecule has 1 aromatic heterocycles. The summed E-state index contributed by atoms with van der Waals surface area (Å²) in [5.74, 6) is 1.72. The lowest BCUT2D eigenvalue weighted by molar-refractivity contribution is 0.0942. The van der Waals surface area contributed by atoms with E-state index < -0.39 is 0 Å². The summed E-state index contributed by atoms with van der Waals surface area (Å²) in [6.45, 7) is 4.36. The van der Waals surface area contributed by atoms with E-state index in [-0.39, 0.29) is 0 Å². The quantitative estimate of drug-likeness (QED) is 0.862. The molecule has 0 aromatic carbocycles. The summed E-state index contributed by atoms with van der Waals surface area (Å²) in [5, 5.41) is 4.49. The van der Waals surface area contributed by atoms with E-state index in [1.165, 1.54) is 44.1 Å². The van der Waals surface area contributed by atoms with Crippen LogP contribution < -0.4 is 5.73 Å². The minimum atomic E-state index is 0.602. The molecule has 3 rings (SSSR count). The maximum Gasteiger partial charge on any atom is 0.0253 e. The van der Waals surface area contributed by atoms with Crippen molar-refractivity contribution in [3.63, 3.8) is 0 Å². The second kappa shape index (κ2) is 6.59. The molecule has 0 spiro atoms. The van der Waals surface area contributed by atoms with Crippen molar-refractivity contribution in [2.75, 3.05) is 6.54 Å². The van der Waals surface area contributed by atoms with Gasteiger partial charge < -0.3 is 5.73 Å². The van der Waals surface area contributed by atoms with Gasteiger partial charge in [0.1, 0.15) is 0 Å². The molecular formula is C17H28N2S. The second-order valence-corrected chi connectivity index (χ2v) is 7.65. The van der Waals surface area contributed by atoms with Gasteiger partial charge in [-0.1, -0.05) is 19.8 Å². The molecule has 2 fully saturated rings. The van der Waals surface area contributed by atoms with Crippen LogP contribution >= 0.6 is 11.3 Å². The average molecular weight is 292 g/mol.